The zero-order chi connectivity index (χ0) is 13.8. The van der Waals surface area contributed by atoms with Crippen LogP contribution >= 0.6 is 0 Å². The number of aromatic nitrogens is 2. The van der Waals surface area contributed by atoms with Crippen molar-refractivity contribution in [2.45, 2.75) is 6.92 Å². The number of piperazine rings is 1. The van der Waals surface area contributed by atoms with Gasteiger partial charge >= 0.3 is 0 Å². The van der Waals surface area contributed by atoms with Crippen molar-refractivity contribution >= 4 is 17.3 Å². The fourth-order valence-electron chi connectivity index (χ4n) is 2.39. The molecule has 0 atom stereocenters. The van der Waals surface area contributed by atoms with Crippen molar-refractivity contribution in [3.8, 4) is 0 Å². The Morgan fingerprint density at radius 3 is 2.75 bits per heavy atom. The van der Waals surface area contributed by atoms with Crippen LogP contribution in [0.25, 0.3) is 0 Å². The molecule has 2 N–H and O–H groups in total. The molecule has 2 aromatic rings. The number of nitrogens with one attached hydrogen (secondary N) is 2. The van der Waals surface area contributed by atoms with Gasteiger partial charge in [-0.25, -0.2) is 9.97 Å². The molecule has 1 aliphatic heterocycles. The highest BCUT2D eigenvalue weighted by atomic mass is 15.3. The summed E-state index contributed by atoms with van der Waals surface area (Å²) in [7, 11) is 0. The van der Waals surface area contributed by atoms with E-state index in [1.54, 1.807) is 12.4 Å². The first-order valence-electron chi connectivity index (χ1n) is 6.93. The molecule has 1 aromatic heterocycles. The fourth-order valence-corrected chi connectivity index (χ4v) is 2.39. The van der Waals surface area contributed by atoms with Crippen LogP contribution in [0.2, 0.25) is 0 Å². The lowest BCUT2D eigenvalue weighted by molar-refractivity contribution is 0.585. The number of nitrogens with zero attached hydrogens (tertiary/aromatic N) is 3. The quantitative estimate of drug-likeness (QED) is 0.892. The van der Waals surface area contributed by atoms with Crippen LogP contribution in [0.4, 0.5) is 17.3 Å². The van der Waals surface area contributed by atoms with E-state index in [1.165, 1.54) is 5.56 Å². The Morgan fingerprint density at radius 2 is 1.95 bits per heavy atom. The molecule has 20 heavy (non-hydrogen) atoms. The zero-order valence-electron chi connectivity index (χ0n) is 11.6. The van der Waals surface area contributed by atoms with Gasteiger partial charge in [-0.05, 0) is 24.6 Å². The second-order valence-corrected chi connectivity index (χ2v) is 4.96. The average molecular weight is 269 g/mol. The summed E-state index contributed by atoms with van der Waals surface area (Å²) in [6.07, 6.45) is 3.47. The van der Waals surface area contributed by atoms with E-state index in [0.717, 1.165) is 43.5 Å². The average Bonchev–Trinajstić information content (AvgIpc) is 2.49. The summed E-state index contributed by atoms with van der Waals surface area (Å²) in [6, 6.07) is 8.27. The minimum absolute atomic E-state index is 0.819. The minimum atomic E-state index is 0.819. The zero-order valence-corrected chi connectivity index (χ0v) is 11.6. The maximum absolute atomic E-state index is 4.49. The van der Waals surface area contributed by atoms with Crippen LogP contribution < -0.4 is 15.5 Å². The molecule has 5 heteroatoms. The standard InChI is InChI=1S/C15H19N5/c1-12-3-2-4-13(11-12)19-14-15(18-6-5-17-14)20-9-7-16-8-10-20/h2-6,11,16H,7-10H2,1H3,(H,17,19). The monoisotopic (exact) mass is 269 g/mol. The molecule has 1 saturated heterocycles. The van der Waals surface area contributed by atoms with Gasteiger partial charge < -0.3 is 15.5 Å². The first-order valence-corrected chi connectivity index (χ1v) is 6.93. The number of rotatable bonds is 3. The third kappa shape index (κ3) is 2.88. The predicted molar refractivity (Wildman–Crippen MR) is 81.6 cm³/mol. The highest BCUT2D eigenvalue weighted by Crippen LogP contribution is 2.24. The molecule has 0 unspecified atom stereocenters. The van der Waals surface area contributed by atoms with E-state index in [1.807, 2.05) is 12.1 Å². The maximum Gasteiger partial charge on any atom is 0.173 e. The van der Waals surface area contributed by atoms with Crippen LogP contribution in [0.5, 0.6) is 0 Å². The van der Waals surface area contributed by atoms with Gasteiger partial charge in [-0.15, -0.1) is 0 Å². The Morgan fingerprint density at radius 1 is 1.15 bits per heavy atom. The van der Waals surface area contributed by atoms with Crippen LogP contribution in [-0.2, 0) is 0 Å². The number of hydrogen-bond donors (Lipinski definition) is 2. The summed E-state index contributed by atoms with van der Waals surface area (Å²) in [4.78, 5) is 11.2. The van der Waals surface area contributed by atoms with E-state index in [-0.39, 0.29) is 0 Å². The summed E-state index contributed by atoms with van der Waals surface area (Å²) < 4.78 is 0. The molecule has 0 aliphatic carbocycles. The number of aryl methyl sites for hydroxylation is 1. The minimum Gasteiger partial charge on any atom is -0.351 e. The van der Waals surface area contributed by atoms with Crippen LogP contribution in [0.3, 0.4) is 0 Å². The van der Waals surface area contributed by atoms with Gasteiger partial charge in [0, 0.05) is 44.3 Å². The molecule has 2 heterocycles. The number of benzene rings is 1. The molecule has 0 saturated carbocycles. The van der Waals surface area contributed by atoms with Crippen LogP contribution in [0.15, 0.2) is 36.7 Å². The summed E-state index contributed by atoms with van der Waals surface area (Å²) in [5.74, 6) is 1.75. The lowest BCUT2D eigenvalue weighted by atomic mass is 10.2. The first kappa shape index (κ1) is 12.9. The number of hydrogen-bond acceptors (Lipinski definition) is 5. The normalized spacial score (nSPS) is 15.2. The molecule has 0 bridgehead atoms. The van der Waals surface area contributed by atoms with Crippen molar-refractivity contribution in [2.75, 3.05) is 36.4 Å². The van der Waals surface area contributed by atoms with E-state index in [0.29, 0.717) is 0 Å². The second kappa shape index (κ2) is 5.88. The summed E-state index contributed by atoms with van der Waals surface area (Å²) in [6.45, 7) is 5.97. The van der Waals surface area contributed by atoms with Crippen molar-refractivity contribution < 1.29 is 0 Å². The van der Waals surface area contributed by atoms with Crippen LogP contribution in [0, 0.1) is 6.92 Å². The van der Waals surface area contributed by atoms with Crippen LogP contribution in [0.1, 0.15) is 5.56 Å². The molecule has 3 rings (SSSR count). The lowest BCUT2D eigenvalue weighted by Crippen LogP contribution is -2.44. The second-order valence-electron chi connectivity index (χ2n) is 4.96. The van der Waals surface area contributed by atoms with E-state index in [2.05, 4.69) is 44.6 Å². The molecular formula is C15H19N5. The molecule has 1 aliphatic rings. The van der Waals surface area contributed by atoms with E-state index < -0.39 is 0 Å². The Balaban J connectivity index is 1.85. The highest BCUT2D eigenvalue weighted by Gasteiger charge is 2.16. The van der Waals surface area contributed by atoms with Gasteiger partial charge in [-0.1, -0.05) is 12.1 Å². The maximum atomic E-state index is 4.49. The molecule has 0 radical (unpaired) electrons. The summed E-state index contributed by atoms with van der Waals surface area (Å²) in [5, 5.41) is 6.73. The topological polar surface area (TPSA) is 53.1 Å². The van der Waals surface area contributed by atoms with E-state index in [4.69, 9.17) is 0 Å². The molecular weight excluding hydrogens is 250 g/mol. The summed E-state index contributed by atoms with van der Waals surface area (Å²) in [5.41, 5.74) is 2.27. The molecule has 0 amide bonds. The highest BCUT2D eigenvalue weighted by molar-refractivity contribution is 5.68. The number of anilines is 3. The van der Waals surface area contributed by atoms with Gasteiger partial charge in [0.05, 0.1) is 0 Å². The Hall–Kier alpha value is -2.14. The molecule has 104 valence electrons. The largest absolute Gasteiger partial charge is 0.351 e. The third-order valence-electron chi connectivity index (χ3n) is 3.38. The Bertz CT molecular complexity index is 578. The molecule has 0 spiro atoms. The van der Waals surface area contributed by atoms with Crippen LogP contribution in [-0.4, -0.2) is 36.1 Å². The van der Waals surface area contributed by atoms with Crippen molar-refractivity contribution in [3.63, 3.8) is 0 Å². The van der Waals surface area contributed by atoms with Crippen molar-refractivity contribution in [3.05, 3.63) is 42.2 Å². The van der Waals surface area contributed by atoms with Gasteiger partial charge in [-0.2, -0.15) is 0 Å². The molecule has 5 nitrogen and oxygen atoms in total. The fraction of sp³-hybridized carbons (Fsp3) is 0.333. The van der Waals surface area contributed by atoms with Crippen molar-refractivity contribution in [2.24, 2.45) is 0 Å². The first-order chi connectivity index (χ1) is 9.83. The third-order valence-corrected chi connectivity index (χ3v) is 3.38. The summed E-state index contributed by atoms with van der Waals surface area (Å²) >= 11 is 0. The van der Waals surface area contributed by atoms with E-state index >= 15 is 0 Å². The smallest absolute Gasteiger partial charge is 0.173 e. The van der Waals surface area contributed by atoms with Gasteiger partial charge in [0.25, 0.3) is 0 Å². The predicted octanol–water partition coefficient (Wildman–Crippen LogP) is 1.94. The van der Waals surface area contributed by atoms with Gasteiger partial charge in [0.1, 0.15) is 0 Å². The van der Waals surface area contributed by atoms with E-state index in [9.17, 15) is 0 Å². The Labute approximate surface area is 119 Å². The Kier molecular flexibility index (Phi) is 3.78. The van der Waals surface area contributed by atoms with Crippen molar-refractivity contribution in [1.29, 1.82) is 0 Å². The molecule has 1 fully saturated rings. The lowest BCUT2D eigenvalue weighted by Gasteiger charge is -2.29. The van der Waals surface area contributed by atoms with Crippen molar-refractivity contribution in [1.82, 2.24) is 15.3 Å². The van der Waals surface area contributed by atoms with Gasteiger partial charge in [-0.3, -0.25) is 0 Å². The SMILES string of the molecule is Cc1cccc(Nc2nccnc2N2CCNCC2)c1. The molecule has 1 aromatic carbocycles. The van der Waals surface area contributed by atoms with Gasteiger partial charge in [0.2, 0.25) is 0 Å². The van der Waals surface area contributed by atoms with Gasteiger partial charge in [0.15, 0.2) is 11.6 Å².